The molecule has 0 bridgehead atoms. The zero-order valence-electron chi connectivity index (χ0n) is 5.48. The number of halogens is 4. The van der Waals surface area contributed by atoms with Gasteiger partial charge in [0.2, 0.25) is 0 Å². The van der Waals surface area contributed by atoms with E-state index in [1.165, 1.54) is 7.05 Å². The van der Waals surface area contributed by atoms with Crippen LogP contribution in [0.1, 0.15) is 5.56 Å². The van der Waals surface area contributed by atoms with E-state index < -0.39 is 11.7 Å². The van der Waals surface area contributed by atoms with Crippen molar-refractivity contribution in [1.29, 1.82) is 0 Å². The van der Waals surface area contributed by atoms with E-state index in [1.54, 1.807) is 0 Å². The van der Waals surface area contributed by atoms with Crippen molar-refractivity contribution in [2.24, 2.45) is 7.05 Å². The van der Waals surface area contributed by atoms with E-state index in [4.69, 9.17) is 0 Å². The molecule has 0 atom stereocenters. The van der Waals surface area contributed by atoms with Gasteiger partial charge in [-0.05, 0) is 15.9 Å². The fraction of sp³-hybridized carbons (Fsp3) is 0.400. The molecule has 62 valence electrons. The smallest absolute Gasteiger partial charge is 0.261 e. The highest BCUT2D eigenvalue weighted by molar-refractivity contribution is 9.10. The van der Waals surface area contributed by atoms with Gasteiger partial charge < -0.3 is 0 Å². The Morgan fingerprint density at radius 3 is 2.27 bits per heavy atom. The van der Waals surface area contributed by atoms with Crippen molar-refractivity contribution >= 4 is 15.9 Å². The third-order valence-electron chi connectivity index (χ3n) is 1.17. The van der Waals surface area contributed by atoms with Crippen molar-refractivity contribution in [3.63, 3.8) is 0 Å². The van der Waals surface area contributed by atoms with E-state index >= 15 is 0 Å². The Balaban J connectivity index is 3.15. The Kier molecular flexibility index (Phi) is 1.96. The average molecular weight is 229 g/mol. The molecule has 11 heavy (non-hydrogen) atoms. The van der Waals surface area contributed by atoms with Gasteiger partial charge in [-0.1, -0.05) is 0 Å². The largest absolute Gasteiger partial charge is 0.420 e. The Bertz CT molecular complexity index is 265. The summed E-state index contributed by atoms with van der Waals surface area (Å²) < 4.78 is 37.0. The van der Waals surface area contributed by atoms with Gasteiger partial charge in [-0.3, -0.25) is 4.68 Å². The molecule has 0 aromatic carbocycles. The molecule has 0 N–H and O–H groups in total. The van der Waals surface area contributed by atoms with Crippen LogP contribution in [0.4, 0.5) is 13.2 Å². The first-order valence-corrected chi connectivity index (χ1v) is 3.47. The number of aryl methyl sites for hydroxylation is 1. The molecular formula is C5H4BrF3N2. The second-order valence-corrected chi connectivity index (χ2v) is 2.72. The van der Waals surface area contributed by atoms with Crippen molar-refractivity contribution in [3.8, 4) is 0 Å². The third kappa shape index (κ3) is 1.55. The van der Waals surface area contributed by atoms with Crippen LogP contribution in [0.15, 0.2) is 10.8 Å². The maximum Gasteiger partial charge on any atom is 0.420 e. The lowest BCUT2D eigenvalue weighted by molar-refractivity contribution is -0.138. The van der Waals surface area contributed by atoms with Gasteiger partial charge in [0.15, 0.2) is 0 Å². The summed E-state index contributed by atoms with van der Waals surface area (Å²) in [7, 11) is 1.43. The number of hydrogen-bond acceptors (Lipinski definition) is 1. The first-order chi connectivity index (χ1) is 4.93. The fourth-order valence-electron chi connectivity index (χ4n) is 0.613. The minimum Gasteiger partial charge on any atom is -0.261 e. The molecule has 0 amide bonds. The molecule has 0 saturated carbocycles. The minimum absolute atomic E-state index is 0.0509. The van der Waals surface area contributed by atoms with E-state index in [0.717, 1.165) is 10.9 Å². The lowest BCUT2D eigenvalue weighted by Gasteiger charge is -2.02. The molecule has 1 rings (SSSR count). The Morgan fingerprint density at radius 2 is 2.09 bits per heavy atom. The summed E-state index contributed by atoms with van der Waals surface area (Å²) in [4.78, 5) is 0. The van der Waals surface area contributed by atoms with E-state index in [1.807, 2.05) is 0 Å². The molecule has 0 aliphatic heterocycles. The molecule has 0 fully saturated rings. The van der Waals surface area contributed by atoms with Crippen LogP contribution in [0, 0.1) is 0 Å². The number of alkyl halides is 3. The van der Waals surface area contributed by atoms with Crippen molar-refractivity contribution in [1.82, 2.24) is 9.78 Å². The first kappa shape index (κ1) is 8.58. The third-order valence-corrected chi connectivity index (χ3v) is 2.11. The summed E-state index contributed by atoms with van der Waals surface area (Å²) in [5.74, 6) is 0. The van der Waals surface area contributed by atoms with Crippen LogP contribution in [0.2, 0.25) is 0 Å². The number of hydrogen-bond donors (Lipinski definition) is 0. The fourth-order valence-corrected chi connectivity index (χ4v) is 1.03. The molecule has 0 unspecified atom stereocenters. The van der Waals surface area contributed by atoms with Gasteiger partial charge >= 0.3 is 6.18 Å². The number of rotatable bonds is 0. The van der Waals surface area contributed by atoms with Gasteiger partial charge in [-0.15, -0.1) is 0 Å². The topological polar surface area (TPSA) is 17.8 Å². The van der Waals surface area contributed by atoms with Crippen molar-refractivity contribution in [2.45, 2.75) is 6.18 Å². The predicted octanol–water partition coefficient (Wildman–Crippen LogP) is 2.20. The van der Waals surface area contributed by atoms with Gasteiger partial charge in [0.25, 0.3) is 0 Å². The molecule has 0 saturated heterocycles. The van der Waals surface area contributed by atoms with Crippen LogP contribution in [-0.2, 0) is 13.2 Å². The quantitative estimate of drug-likeness (QED) is 0.666. The van der Waals surface area contributed by atoms with Crippen LogP contribution in [0.25, 0.3) is 0 Å². The molecular weight excluding hydrogens is 225 g/mol. The summed E-state index contributed by atoms with van der Waals surface area (Å²) in [6.45, 7) is 0. The standard InChI is InChI=1S/C5H4BrF3N2/c1-11-4(6)3(2-10-11)5(7,8)9/h2H,1H3. The summed E-state index contributed by atoms with van der Waals surface area (Å²) >= 11 is 2.77. The van der Waals surface area contributed by atoms with Crippen molar-refractivity contribution < 1.29 is 13.2 Å². The highest BCUT2D eigenvalue weighted by Crippen LogP contribution is 2.33. The summed E-state index contributed by atoms with van der Waals surface area (Å²) in [5, 5.41) is 3.43. The summed E-state index contributed by atoms with van der Waals surface area (Å²) in [5.41, 5.74) is -0.750. The maximum atomic E-state index is 12.0. The average Bonchev–Trinajstić information content (AvgIpc) is 2.11. The van der Waals surface area contributed by atoms with Crippen LogP contribution in [-0.4, -0.2) is 9.78 Å². The van der Waals surface area contributed by atoms with E-state index in [9.17, 15) is 13.2 Å². The van der Waals surface area contributed by atoms with Crippen LogP contribution in [0.3, 0.4) is 0 Å². The minimum atomic E-state index is -4.33. The van der Waals surface area contributed by atoms with Crippen LogP contribution < -0.4 is 0 Å². The number of nitrogens with zero attached hydrogens (tertiary/aromatic N) is 2. The molecule has 1 aromatic heterocycles. The second-order valence-electron chi connectivity index (χ2n) is 1.97. The highest BCUT2D eigenvalue weighted by Gasteiger charge is 2.35. The highest BCUT2D eigenvalue weighted by atomic mass is 79.9. The van der Waals surface area contributed by atoms with E-state index in [-0.39, 0.29) is 4.60 Å². The Hall–Kier alpha value is -0.520. The second kappa shape index (κ2) is 2.51. The van der Waals surface area contributed by atoms with E-state index in [0.29, 0.717) is 0 Å². The van der Waals surface area contributed by atoms with E-state index in [2.05, 4.69) is 21.0 Å². The normalized spacial score (nSPS) is 12.1. The van der Waals surface area contributed by atoms with Crippen molar-refractivity contribution in [2.75, 3.05) is 0 Å². The molecule has 1 heterocycles. The molecule has 0 radical (unpaired) electrons. The molecule has 2 nitrogen and oxygen atoms in total. The molecule has 6 heteroatoms. The predicted molar refractivity (Wildman–Crippen MR) is 35.9 cm³/mol. The Labute approximate surface area is 69.1 Å². The first-order valence-electron chi connectivity index (χ1n) is 2.67. The van der Waals surface area contributed by atoms with Crippen molar-refractivity contribution in [3.05, 3.63) is 16.4 Å². The summed E-state index contributed by atoms with van der Waals surface area (Å²) in [6, 6.07) is 0. The van der Waals surface area contributed by atoms with Crippen LogP contribution in [0.5, 0.6) is 0 Å². The lowest BCUT2D eigenvalue weighted by atomic mass is 10.4. The van der Waals surface area contributed by atoms with Gasteiger partial charge in [0.05, 0.1) is 6.20 Å². The zero-order chi connectivity index (χ0) is 8.65. The molecule has 1 aromatic rings. The molecule has 0 spiro atoms. The Morgan fingerprint density at radius 1 is 1.55 bits per heavy atom. The van der Waals surface area contributed by atoms with Gasteiger partial charge in [0.1, 0.15) is 10.2 Å². The van der Waals surface area contributed by atoms with Gasteiger partial charge in [0, 0.05) is 7.05 Å². The number of aromatic nitrogens is 2. The molecule has 0 aliphatic rings. The SMILES string of the molecule is Cn1ncc(C(F)(F)F)c1Br. The zero-order valence-corrected chi connectivity index (χ0v) is 7.07. The molecule has 0 aliphatic carbocycles. The van der Waals surface area contributed by atoms with Gasteiger partial charge in [-0.25, -0.2) is 0 Å². The maximum absolute atomic E-state index is 12.0. The monoisotopic (exact) mass is 228 g/mol. The summed E-state index contributed by atoms with van der Waals surface area (Å²) in [6.07, 6.45) is -3.54. The van der Waals surface area contributed by atoms with Gasteiger partial charge in [-0.2, -0.15) is 18.3 Å². The van der Waals surface area contributed by atoms with Crippen LogP contribution >= 0.6 is 15.9 Å². The lowest BCUT2D eigenvalue weighted by Crippen LogP contribution is -2.04.